The molecule has 3 unspecified atom stereocenters. The van der Waals surface area contributed by atoms with Gasteiger partial charge in [-0.1, -0.05) is 62.6 Å². The number of furan rings is 1. The zero-order valence-corrected chi connectivity index (χ0v) is 21.6. The van der Waals surface area contributed by atoms with Crippen molar-refractivity contribution >= 4 is 33.4 Å². The molecule has 3 nitrogen and oxygen atoms in total. The van der Waals surface area contributed by atoms with Gasteiger partial charge in [-0.05, 0) is 60.7 Å². The van der Waals surface area contributed by atoms with E-state index in [9.17, 15) is 4.39 Å². The fourth-order valence-electron chi connectivity index (χ4n) is 5.38. The first-order valence-electron chi connectivity index (χ1n) is 12.6. The summed E-state index contributed by atoms with van der Waals surface area (Å²) in [6.45, 7) is 18.6. The first-order valence-corrected chi connectivity index (χ1v) is 12.6. The van der Waals surface area contributed by atoms with Crippen molar-refractivity contribution in [3.05, 3.63) is 109 Å². The Kier molecular flexibility index (Phi) is 6.51. The fraction of sp³-hybridized carbons (Fsp3) is 0.212. The van der Waals surface area contributed by atoms with E-state index in [2.05, 4.69) is 44.9 Å². The maximum Gasteiger partial charge on any atom is 0.145 e. The van der Waals surface area contributed by atoms with Gasteiger partial charge in [0.2, 0.25) is 0 Å². The number of aliphatic imine (C=N–C) groups is 2. The van der Waals surface area contributed by atoms with Gasteiger partial charge in [-0.25, -0.2) is 4.39 Å². The summed E-state index contributed by atoms with van der Waals surface area (Å²) in [5.74, 6) is -0.483. The smallest absolute Gasteiger partial charge is 0.145 e. The van der Waals surface area contributed by atoms with E-state index in [4.69, 9.17) is 14.4 Å². The van der Waals surface area contributed by atoms with Crippen molar-refractivity contribution in [2.45, 2.75) is 39.3 Å². The van der Waals surface area contributed by atoms with Crippen LogP contribution in [0.1, 0.15) is 44.4 Å². The molecule has 37 heavy (non-hydrogen) atoms. The Bertz CT molecular complexity index is 1610. The Hall–Kier alpha value is -4.05. The second-order valence-corrected chi connectivity index (χ2v) is 9.61. The van der Waals surface area contributed by atoms with Crippen LogP contribution in [-0.4, -0.2) is 17.5 Å². The second-order valence-electron chi connectivity index (χ2n) is 9.61. The predicted octanol–water partition coefficient (Wildman–Crippen LogP) is 9.04. The molecule has 4 heteroatoms. The molecule has 0 radical (unpaired) electrons. The highest BCUT2D eigenvalue weighted by Gasteiger charge is 2.38. The van der Waals surface area contributed by atoms with Crippen LogP contribution in [0.25, 0.3) is 33.1 Å². The molecule has 0 saturated heterocycles. The molecule has 0 spiro atoms. The van der Waals surface area contributed by atoms with Crippen LogP contribution in [0.3, 0.4) is 0 Å². The first kappa shape index (κ1) is 24.6. The van der Waals surface area contributed by atoms with Crippen LogP contribution >= 0.6 is 0 Å². The van der Waals surface area contributed by atoms with Gasteiger partial charge in [-0.3, -0.25) is 9.98 Å². The number of nitrogens with zero attached hydrogens (tertiary/aromatic N) is 2. The monoisotopic (exact) mass is 490 g/mol. The minimum absolute atomic E-state index is 0.157. The maximum absolute atomic E-state index is 14.2. The molecule has 3 atom stereocenters. The number of hydrogen-bond donors (Lipinski definition) is 0. The molecule has 0 aliphatic carbocycles. The molecular weight excluding hydrogens is 459 g/mol. The van der Waals surface area contributed by atoms with E-state index in [-0.39, 0.29) is 23.8 Å². The van der Waals surface area contributed by atoms with Crippen LogP contribution in [0.15, 0.2) is 106 Å². The SMILES string of the molecule is C=CC(=C)C(C(C=C)/N=C(\C)CC)C1N=C(C)c2c1cc(-c1ccccc1)c1c2oc2cc(F)ccc21. The van der Waals surface area contributed by atoms with Gasteiger partial charge in [0.1, 0.15) is 17.0 Å². The predicted molar refractivity (Wildman–Crippen MR) is 154 cm³/mol. The molecule has 0 bridgehead atoms. The third-order valence-electron chi connectivity index (χ3n) is 7.36. The summed E-state index contributed by atoms with van der Waals surface area (Å²) in [5.41, 5.74) is 8.13. The molecule has 0 N–H and O–H groups in total. The van der Waals surface area contributed by atoms with Crippen LogP contribution in [0, 0.1) is 11.7 Å². The molecule has 4 aromatic rings. The molecule has 0 amide bonds. The standard InChI is InChI=1S/C33H31FN2O/c1-7-19(4)29(27(9-3)35-20(5)8-2)32-26-18-25(22-13-11-10-12-14-22)31-24-16-15-23(34)17-28(24)37-33(31)30(26)21(6)36-32/h7,9-18,27,29,32H,1,3-4,8H2,2,5-6H3/b35-20+. The Morgan fingerprint density at radius 1 is 1.16 bits per heavy atom. The highest BCUT2D eigenvalue weighted by molar-refractivity contribution is 6.21. The molecule has 1 aromatic heterocycles. The average Bonchev–Trinajstić information content (AvgIpc) is 3.44. The normalized spacial score (nSPS) is 16.9. The topological polar surface area (TPSA) is 37.9 Å². The first-order chi connectivity index (χ1) is 17.9. The highest BCUT2D eigenvalue weighted by atomic mass is 19.1. The van der Waals surface area contributed by atoms with E-state index >= 15 is 0 Å². The summed E-state index contributed by atoms with van der Waals surface area (Å²) in [7, 11) is 0. The van der Waals surface area contributed by atoms with Crippen molar-refractivity contribution in [3.63, 3.8) is 0 Å². The lowest BCUT2D eigenvalue weighted by Crippen LogP contribution is -2.24. The Balaban J connectivity index is 1.82. The largest absolute Gasteiger partial charge is 0.455 e. The van der Waals surface area contributed by atoms with Gasteiger partial charge < -0.3 is 4.42 Å². The fourth-order valence-corrected chi connectivity index (χ4v) is 5.38. The molecule has 2 heterocycles. The van der Waals surface area contributed by atoms with Crippen molar-refractivity contribution in [2.24, 2.45) is 15.9 Å². The second kappa shape index (κ2) is 9.78. The number of hydrogen-bond acceptors (Lipinski definition) is 3. The lowest BCUT2D eigenvalue weighted by Gasteiger charge is -2.28. The van der Waals surface area contributed by atoms with Crippen molar-refractivity contribution in [1.82, 2.24) is 0 Å². The Labute approximate surface area is 217 Å². The van der Waals surface area contributed by atoms with Gasteiger partial charge in [0.05, 0.1) is 12.1 Å². The molecule has 0 saturated carbocycles. The third-order valence-corrected chi connectivity index (χ3v) is 7.36. The number of fused-ring (bicyclic) bond motifs is 5. The summed E-state index contributed by atoms with van der Waals surface area (Å²) in [6.07, 6.45) is 4.53. The van der Waals surface area contributed by atoms with Crippen LogP contribution < -0.4 is 0 Å². The zero-order chi connectivity index (χ0) is 26.3. The van der Waals surface area contributed by atoms with Crippen molar-refractivity contribution in [3.8, 4) is 11.1 Å². The molecule has 0 fully saturated rings. The highest BCUT2D eigenvalue weighted by Crippen LogP contribution is 2.48. The van der Waals surface area contributed by atoms with E-state index < -0.39 is 0 Å². The number of benzene rings is 3. The summed E-state index contributed by atoms with van der Waals surface area (Å²) < 4.78 is 20.6. The van der Waals surface area contributed by atoms with E-state index in [1.807, 2.05) is 38.1 Å². The van der Waals surface area contributed by atoms with Gasteiger partial charge in [0.15, 0.2) is 0 Å². The molecule has 1 aliphatic rings. The minimum Gasteiger partial charge on any atom is -0.455 e. The Morgan fingerprint density at radius 3 is 2.59 bits per heavy atom. The zero-order valence-electron chi connectivity index (χ0n) is 21.6. The number of rotatable bonds is 8. The quantitative estimate of drug-likeness (QED) is 0.138. The summed E-state index contributed by atoms with van der Waals surface area (Å²) in [6, 6.07) is 16.7. The van der Waals surface area contributed by atoms with Crippen LogP contribution in [0.4, 0.5) is 4.39 Å². The lowest BCUT2D eigenvalue weighted by molar-refractivity contribution is 0.469. The minimum atomic E-state index is -0.326. The van der Waals surface area contributed by atoms with Gasteiger partial charge in [0.25, 0.3) is 0 Å². The van der Waals surface area contributed by atoms with Crippen LogP contribution in [0.2, 0.25) is 0 Å². The molecule has 3 aromatic carbocycles. The van der Waals surface area contributed by atoms with Gasteiger partial charge >= 0.3 is 0 Å². The summed E-state index contributed by atoms with van der Waals surface area (Å²) >= 11 is 0. The Morgan fingerprint density at radius 2 is 1.92 bits per heavy atom. The van der Waals surface area contributed by atoms with E-state index in [0.717, 1.165) is 62.0 Å². The van der Waals surface area contributed by atoms with Crippen molar-refractivity contribution < 1.29 is 8.81 Å². The van der Waals surface area contributed by atoms with E-state index in [1.54, 1.807) is 12.1 Å². The van der Waals surface area contributed by atoms with Crippen molar-refractivity contribution in [2.75, 3.05) is 0 Å². The molecular formula is C33H31FN2O. The maximum atomic E-state index is 14.2. The lowest BCUT2D eigenvalue weighted by atomic mass is 9.80. The van der Waals surface area contributed by atoms with E-state index in [0.29, 0.717) is 5.58 Å². The summed E-state index contributed by atoms with van der Waals surface area (Å²) in [5, 5.41) is 1.85. The van der Waals surface area contributed by atoms with Crippen LogP contribution in [-0.2, 0) is 0 Å². The van der Waals surface area contributed by atoms with Gasteiger partial charge in [0, 0.05) is 39.7 Å². The van der Waals surface area contributed by atoms with E-state index in [1.165, 1.54) is 12.1 Å². The van der Waals surface area contributed by atoms with Crippen molar-refractivity contribution in [1.29, 1.82) is 0 Å². The summed E-state index contributed by atoms with van der Waals surface area (Å²) in [4.78, 5) is 10.1. The molecule has 1 aliphatic heterocycles. The van der Waals surface area contributed by atoms with Crippen LogP contribution in [0.5, 0.6) is 0 Å². The third kappa shape index (κ3) is 4.17. The average molecular weight is 491 g/mol. The molecule has 5 rings (SSSR count). The molecule has 186 valence electrons. The number of allylic oxidation sites excluding steroid dienone is 1. The number of halogens is 1. The van der Waals surface area contributed by atoms with Gasteiger partial charge in [-0.15, -0.1) is 6.58 Å². The van der Waals surface area contributed by atoms with Gasteiger partial charge in [-0.2, -0.15) is 0 Å².